The van der Waals surface area contributed by atoms with Crippen LogP contribution in [0.15, 0.2) is 29.1 Å². The van der Waals surface area contributed by atoms with Crippen LogP contribution in [-0.4, -0.2) is 40.8 Å². The first-order chi connectivity index (χ1) is 15.4. The van der Waals surface area contributed by atoms with Crippen LogP contribution >= 0.6 is 0 Å². The van der Waals surface area contributed by atoms with E-state index in [9.17, 15) is 27.5 Å². The van der Waals surface area contributed by atoms with Gasteiger partial charge in [-0.3, -0.25) is 14.2 Å². The quantitative estimate of drug-likeness (QED) is 0.531. The molecule has 0 saturated heterocycles. The maximum absolute atomic E-state index is 13.0. The zero-order valence-electron chi connectivity index (χ0n) is 18.8. The Morgan fingerprint density at radius 3 is 2.48 bits per heavy atom. The standard InChI is InChI=1S/C22H28FN4O5S/c1-22(2,3)21-26-17(19(29)24-13-14-5-7-15(23)8-6-14)18(28)20(30)27(21)12-4-11-25-33(31,32)16-9-10-16/h5-8,16H,4,9-13H2,1-3H3,(H2,24,28,29)/q-1. The van der Waals surface area contributed by atoms with E-state index in [2.05, 4.69) is 15.0 Å². The van der Waals surface area contributed by atoms with Crippen LogP contribution in [0.4, 0.5) is 4.39 Å². The number of sulfonamides is 1. The van der Waals surface area contributed by atoms with E-state index in [4.69, 9.17) is 0 Å². The summed E-state index contributed by atoms with van der Waals surface area (Å²) in [6.45, 7) is 5.60. The Kier molecular flexibility index (Phi) is 7.23. The van der Waals surface area contributed by atoms with Crippen LogP contribution in [-0.2, 0) is 28.5 Å². The van der Waals surface area contributed by atoms with Gasteiger partial charge in [0.2, 0.25) is 5.75 Å². The maximum Gasteiger partial charge on any atom is 0.296 e. The summed E-state index contributed by atoms with van der Waals surface area (Å²) < 4.78 is 41.9. The fourth-order valence-electron chi connectivity index (χ4n) is 3.24. The number of halogens is 1. The predicted octanol–water partition coefficient (Wildman–Crippen LogP) is 2.57. The highest BCUT2D eigenvalue weighted by Gasteiger charge is 2.30. The van der Waals surface area contributed by atoms with Crippen molar-refractivity contribution in [3.63, 3.8) is 0 Å². The van der Waals surface area contributed by atoms with Gasteiger partial charge in [0, 0.05) is 23.8 Å². The zero-order chi connectivity index (χ0) is 24.4. The van der Waals surface area contributed by atoms with Crippen LogP contribution in [0.1, 0.15) is 61.9 Å². The summed E-state index contributed by atoms with van der Waals surface area (Å²) in [5, 5.41) is 12.6. The van der Waals surface area contributed by atoms with Crippen molar-refractivity contribution >= 4 is 15.9 Å². The molecule has 1 aromatic carbocycles. The van der Waals surface area contributed by atoms with Crippen molar-refractivity contribution < 1.29 is 22.7 Å². The monoisotopic (exact) mass is 479 g/mol. The Morgan fingerprint density at radius 2 is 1.91 bits per heavy atom. The fraction of sp³-hybridized carbons (Fsp3) is 0.500. The highest BCUT2D eigenvalue weighted by atomic mass is 32.2. The van der Waals surface area contributed by atoms with E-state index < -0.39 is 44.2 Å². The Balaban J connectivity index is 1.77. The summed E-state index contributed by atoms with van der Waals surface area (Å²) in [7, 11) is -3.45. The normalized spacial score (nSPS) is 14.3. The van der Waals surface area contributed by atoms with Gasteiger partial charge in [0.25, 0.3) is 11.5 Å². The Labute approximate surface area is 192 Å². The third kappa shape index (κ3) is 6.17. The number of carbonyl (C=O) groups is 1. The summed E-state index contributed by atoms with van der Waals surface area (Å²) in [6, 6.07) is 5.54. The number of carbonyl (C=O) groups excluding carboxylic acids is 1. The number of nitrogens with one attached hydrogen (secondary N) is 1. The van der Waals surface area contributed by atoms with Crippen molar-refractivity contribution in [2.75, 3.05) is 6.54 Å². The number of hydrogen-bond donors (Lipinski definition) is 2. The highest BCUT2D eigenvalue weighted by molar-refractivity contribution is 7.94. The van der Waals surface area contributed by atoms with Gasteiger partial charge in [-0.15, -0.1) is 6.54 Å². The minimum absolute atomic E-state index is 0.0233. The molecule has 0 atom stereocenters. The molecule has 0 bridgehead atoms. The van der Waals surface area contributed by atoms with Crippen LogP contribution in [0.2, 0.25) is 0 Å². The lowest BCUT2D eigenvalue weighted by Crippen LogP contribution is -2.35. The van der Waals surface area contributed by atoms with Gasteiger partial charge in [-0.05, 0) is 30.5 Å². The second-order valence-electron chi connectivity index (χ2n) is 9.07. The number of aromatic hydroxyl groups is 1. The maximum atomic E-state index is 13.0. The average molecular weight is 480 g/mol. The molecular weight excluding hydrogens is 451 g/mol. The van der Waals surface area contributed by atoms with Crippen molar-refractivity contribution in [1.82, 2.24) is 14.9 Å². The molecule has 1 amide bonds. The summed E-state index contributed by atoms with van der Waals surface area (Å²) in [5.41, 5.74) is -1.19. The van der Waals surface area contributed by atoms with Gasteiger partial charge in [0.05, 0.1) is 10.0 Å². The molecule has 2 aromatic rings. The number of rotatable bonds is 9. The van der Waals surface area contributed by atoms with Crippen LogP contribution < -0.4 is 10.9 Å². The molecule has 1 aliphatic rings. The molecule has 1 aromatic heterocycles. The highest BCUT2D eigenvalue weighted by Crippen LogP contribution is 2.31. The Hall–Kier alpha value is -2.79. The molecule has 0 spiro atoms. The number of hydrogen-bond acceptors (Lipinski definition) is 6. The third-order valence-corrected chi connectivity index (χ3v) is 7.01. The molecule has 11 heteroatoms. The number of nitrogens with zero attached hydrogens (tertiary/aromatic N) is 3. The fourth-order valence-corrected chi connectivity index (χ4v) is 4.57. The van der Waals surface area contributed by atoms with Crippen molar-refractivity contribution in [2.24, 2.45) is 0 Å². The molecule has 1 saturated carbocycles. The number of benzene rings is 1. The molecule has 0 radical (unpaired) electrons. The van der Waals surface area contributed by atoms with E-state index in [0.717, 1.165) is 0 Å². The van der Waals surface area contributed by atoms with Crippen molar-refractivity contribution in [2.45, 2.75) is 63.8 Å². The molecule has 3 rings (SSSR count). The van der Waals surface area contributed by atoms with Gasteiger partial charge >= 0.3 is 0 Å². The van der Waals surface area contributed by atoms with Crippen LogP contribution in [0.25, 0.3) is 4.72 Å². The molecule has 0 aliphatic heterocycles. The first-order valence-corrected chi connectivity index (χ1v) is 12.2. The lowest BCUT2D eigenvalue weighted by Gasteiger charge is -2.25. The van der Waals surface area contributed by atoms with E-state index in [-0.39, 0.29) is 37.1 Å². The van der Waals surface area contributed by atoms with Gasteiger partial charge in [0.1, 0.15) is 11.6 Å². The zero-order valence-corrected chi connectivity index (χ0v) is 19.7. The molecule has 2 N–H and O–H groups in total. The average Bonchev–Trinajstić information content (AvgIpc) is 3.58. The summed E-state index contributed by atoms with van der Waals surface area (Å²) in [6.07, 6.45) is 1.51. The summed E-state index contributed by atoms with van der Waals surface area (Å²) in [5.74, 6) is -1.65. The molecule has 33 heavy (non-hydrogen) atoms. The van der Waals surface area contributed by atoms with Crippen molar-refractivity contribution in [3.8, 4) is 5.75 Å². The number of aromatic nitrogens is 2. The molecule has 0 unspecified atom stereocenters. The topological polar surface area (TPSA) is 132 Å². The summed E-state index contributed by atoms with van der Waals surface area (Å²) >= 11 is 0. The first kappa shape index (κ1) is 24.8. The molecule has 9 nitrogen and oxygen atoms in total. The van der Waals surface area contributed by atoms with E-state index in [1.807, 2.05) is 20.8 Å². The van der Waals surface area contributed by atoms with Crippen molar-refractivity contribution in [3.05, 3.63) is 62.2 Å². The SMILES string of the molecule is CC(C)(C)c1nc(C(=O)NCc2ccc(F)cc2)c(O)c(=O)n1CCC[N-]S(=O)(=O)C1CC1. The Morgan fingerprint density at radius 1 is 1.27 bits per heavy atom. The lowest BCUT2D eigenvalue weighted by molar-refractivity contribution is 0.0941. The molecule has 1 fully saturated rings. The molecule has 180 valence electrons. The van der Waals surface area contributed by atoms with Gasteiger partial charge < -0.3 is 15.1 Å². The predicted molar refractivity (Wildman–Crippen MR) is 121 cm³/mol. The van der Waals surface area contributed by atoms with E-state index in [1.165, 1.54) is 28.8 Å². The molecule has 1 heterocycles. The van der Waals surface area contributed by atoms with Gasteiger partial charge in [-0.25, -0.2) is 17.8 Å². The molecular formula is C22H28FN4O5S-. The van der Waals surface area contributed by atoms with E-state index in [0.29, 0.717) is 18.4 Å². The van der Waals surface area contributed by atoms with E-state index in [1.54, 1.807) is 0 Å². The van der Waals surface area contributed by atoms with Gasteiger partial charge in [-0.2, -0.15) is 0 Å². The smallest absolute Gasteiger partial charge is 0.296 e. The van der Waals surface area contributed by atoms with Crippen LogP contribution in [0.3, 0.4) is 0 Å². The van der Waals surface area contributed by atoms with Crippen LogP contribution in [0, 0.1) is 5.82 Å². The van der Waals surface area contributed by atoms with E-state index >= 15 is 0 Å². The minimum atomic E-state index is -3.45. The van der Waals surface area contributed by atoms with Gasteiger partial charge in [-0.1, -0.05) is 39.3 Å². The molecule has 1 aliphatic carbocycles. The number of amides is 1. The van der Waals surface area contributed by atoms with Crippen LogP contribution in [0.5, 0.6) is 5.75 Å². The lowest BCUT2D eigenvalue weighted by atomic mass is 9.95. The Bertz CT molecular complexity index is 1180. The van der Waals surface area contributed by atoms with Crippen molar-refractivity contribution in [1.29, 1.82) is 0 Å². The second-order valence-corrected chi connectivity index (χ2v) is 11.0. The van der Waals surface area contributed by atoms with Gasteiger partial charge in [0.15, 0.2) is 5.69 Å². The third-order valence-electron chi connectivity index (χ3n) is 5.15. The second kappa shape index (κ2) is 9.60. The minimum Gasteiger partial charge on any atom is -0.549 e. The largest absolute Gasteiger partial charge is 0.549 e. The summed E-state index contributed by atoms with van der Waals surface area (Å²) in [4.78, 5) is 29.8. The first-order valence-electron chi connectivity index (χ1n) is 10.7.